The van der Waals surface area contributed by atoms with Gasteiger partial charge in [-0.2, -0.15) is 0 Å². The Labute approximate surface area is 195 Å². The highest BCUT2D eigenvalue weighted by atomic mass is 79.9. The van der Waals surface area contributed by atoms with Crippen LogP contribution in [0.1, 0.15) is 18.4 Å². The van der Waals surface area contributed by atoms with Crippen molar-refractivity contribution in [2.75, 3.05) is 49.6 Å². The van der Waals surface area contributed by atoms with E-state index in [2.05, 4.69) is 66.3 Å². The Morgan fingerprint density at radius 1 is 1.03 bits per heavy atom. The van der Waals surface area contributed by atoms with Crippen molar-refractivity contribution >= 4 is 51.1 Å². The van der Waals surface area contributed by atoms with Crippen LogP contribution in [0.5, 0.6) is 0 Å². The number of carbonyl (C=O) groups excluding carboxylic acids is 2. The molecule has 0 bridgehead atoms. The lowest BCUT2D eigenvalue weighted by Gasteiger charge is -2.35. The van der Waals surface area contributed by atoms with Crippen LogP contribution in [0.4, 0.5) is 11.4 Å². The third-order valence-corrected chi connectivity index (χ3v) is 7.25. The van der Waals surface area contributed by atoms with Gasteiger partial charge in [0.2, 0.25) is 5.91 Å². The van der Waals surface area contributed by atoms with Crippen molar-refractivity contribution in [1.82, 2.24) is 4.31 Å². The van der Waals surface area contributed by atoms with E-state index in [9.17, 15) is 9.59 Å². The summed E-state index contributed by atoms with van der Waals surface area (Å²) in [4.78, 5) is 29.2. The summed E-state index contributed by atoms with van der Waals surface area (Å²) in [6.07, 6.45) is 1.16. The Morgan fingerprint density at radius 2 is 1.84 bits per heavy atom. The summed E-state index contributed by atoms with van der Waals surface area (Å²) < 4.78 is 8.15. The number of amides is 1. The molecule has 1 saturated heterocycles. The Hall–Kier alpha value is -2.03. The molecule has 2 heterocycles. The molecule has 0 spiro atoms. The monoisotopic (exact) mass is 503 g/mol. The predicted octanol–water partition coefficient (Wildman–Crippen LogP) is 4.12. The fourth-order valence-corrected chi connectivity index (χ4v) is 5.35. The topological polar surface area (TPSA) is 53.1 Å². The van der Waals surface area contributed by atoms with Gasteiger partial charge in [0.05, 0.1) is 13.5 Å². The molecular formula is C23H26BrN3O3S. The van der Waals surface area contributed by atoms with Gasteiger partial charge in [0.15, 0.2) is 0 Å². The molecule has 6 nitrogen and oxygen atoms in total. The first-order valence-electron chi connectivity index (χ1n) is 10.5. The van der Waals surface area contributed by atoms with E-state index in [0.717, 1.165) is 42.8 Å². The first kappa shape index (κ1) is 22.2. The highest BCUT2D eigenvalue weighted by Crippen LogP contribution is 2.34. The van der Waals surface area contributed by atoms with Crippen LogP contribution in [0.3, 0.4) is 0 Å². The predicted molar refractivity (Wildman–Crippen MR) is 128 cm³/mol. The van der Waals surface area contributed by atoms with Crippen molar-refractivity contribution in [3.63, 3.8) is 0 Å². The van der Waals surface area contributed by atoms with Gasteiger partial charge in [0, 0.05) is 59.9 Å². The van der Waals surface area contributed by atoms with Gasteiger partial charge in [-0.1, -0.05) is 22.0 Å². The smallest absolute Gasteiger partial charge is 0.306 e. The summed E-state index contributed by atoms with van der Waals surface area (Å²) in [5.74, 6) is -0.368. The minimum Gasteiger partial charge on any atom is -0.469 e. The van der Waals surface area contributed by atoms with Crippen LogP contribution in [-0.2, 0) is 20.7 Å². The molecule has 2 aliphatic rings. The van der Waals surface area contributed by atoms with E-state index in [1.54, 1.807) is 16.8 Å². The van der Waals surface area contributed by atoms with Crippen LogP contribution in [0.15, 0.2) is 51.8 Å². The van der Waals surface area contributed by atoms with Gasteiger partial charge in [-0.15, -0.1) is 0 Å². The largest absolute Gasteiger partial charge is 0.469 e. The minimum absolute atomic E-state index is 0.0202. The van der Waals surface area contributed by atoms with Gasteiger partial charge in [0.1, 0.15) is 0 Å². The van der Waals surface area contributed by atoms with Crippen LogP contribution in [0.25, 0.3) is 0 Å². The van der Waals surface area contributed by atoms with E-state index in [-0.39, 0.29) is 24.7 Å². The first-order valence-corrected chi connectivity index (χ1v) is 12.0. The lowest BCUT2D eigenvalue weighted by molar-refractivity contribution is -0.141. The van der Waals surface area contributed by atoms with Crippen LogP contribution >= 0.6 is 27.9 Å². The van der Waals surface area contributed by atoms with E-state index in [1.807, 2.05) is 6.07 Å². The normalized spacial score (nSPS) is 16.3. The summed E-state index contributed by atoms with van der Waals surface area (Å²) >= 11 is 5.34. The Kier molecular flexibility index (Phi) is 7.20. The highest BCUT2D eigenvalue weighted by molar-refractivity contribution is 9.10. The van der Waals surface area contributed by atoms with E-state index < -0.39 is 0 Å². The number of fused-ring (bicyclic) bond motifs is 1. The SMILES string of the molecule is COC(=O)CCC(=O)N1CCc2cc(SN3CCN(c4cccc(Br)c4)CC3)ccc21. The zero-order chi connectivity index (χ0) is 21.8. The molecular weight excluding hydrogens is 478 g/mol. The molecule has 2 aromatic carbocycles. The third-order valence-electron chi connectivity index (χ3n) is 5.66. The Bertz CT molecular complexity index is 963. The number of hydrogen-bond acceptors (Lipinski definition) is 6. The van der Waals surface area contributed by atoms with Crippen molar-refractivity contribution in [1.29, 1.82) is 0 Å². The summed E-state index contributed by atoms with van der Waals surface area (Å²) in [7, 11) is 1.34. The number of carbonyl (C=O) groups is 2. The van der Waals surface area contributed by atoms with Gasteiger partial charge in [-0.05, 0) is 60.3 Å². The van der Waals surface area contributed by atoms with E-state index in [1.165, 1.54) is 23.3 Å². The number of benzene rings is 2. The molecule has 2 aromatic rings. The van der Waals surface area contributed by atoms with Crippen LogP contribution in [0, 0.1) is 0 Å². The zero-order valence-corrected chi connectivity index (χ0v) is 20.0. The molecule has 0 aliphatic carbocycles. The summed E-state index contributed by atoms with van der Waals surface area (Å²) in [5, 5.41) is 0. The first-order chi connectivity index (χ1) is 15.0. The lowest BCUT2D eigenvalue weighted by Crippen LogP contribution is -2.43. The highest BCUT2D eigenvalue weighted by Gasteiger charge is 2.26. The van der Waals surface area contributed by atoms with Gasteiger partial charge >= 0.3 is 5.97 Å². The van der Waals surface area contributed by atoms with Crippen molar-refractivity contribution in [3.05, 3.63) is 52.5 Å². The molecule has 0 unspecified atom stereocenters. The van der Waals surface area contributed by atoms with Crippen molar-refractivity contribution in [2.45, 2.75) is 24.2 Å². The molecule has 0 N–H and O–H groups in total. The molecule has 2 aliphatic heterocycles. The average Bonchev–Trinajstić information content (AvgIpc) is 3.21. The van der Waals surface area contributed by atoms with Gasteiger partial charge in [-0.25, -0.2) is 4.31 Å². The number of anilines is 2. The molecule has 4 rings (SSSR count). The minimum atomic E-state index is -0.348. The fraction of sp³-hybridized carbons (Fsp3) is 0.391. The number of halogens is 1. The fourth-order valence-electron chi connectivity index (χ4n) is 4.00. The number of ether oxygens (including phenoxy) is 1. The average molecular weight is 504 g/mol. The summed E-state index contributed by atoms with van der Waals surface area (Å²) in [6, 6.07) is 14.8. The van der Waals surface area contributed by atoms with E-state index >= 15 is 0 Å². The maximum Gasteiger partial charge on any atom is 0.306 e. The molecule has 8 heteroatoms. The second-order valence-electron chi connectivity index (χ2n) is 7.65. The van der Waals surface area contributed by atoms with Gasteiger partial charge < -0.3 is 14.5 Å². The van der Waals surface area contributed by atoms with Crippen LogP contribution < -0.4 is 9.80 Å². The van der Waals surface area contributed by atoms with Gasteiger partial charge in [-0.3, -0.25) is 9.59 Å². The Balaban J connectivity index is 1.32. The molecule has 31 heavy (non-hydrogen) atoms. The Morgan fingerprint density at radius 3 is 2.58 bits per heavy atom. The molecule has 164 valence electrons. The second kappa shape index (κ2) is 10.1. The maximum atomic E-state index is 12.5. The maximum absolute atomic E-state index is 12.5. The molecule has 0 radical (unpaired) electrons. The number of piperazine rings is 1. The molecule has 1 fully saturated rings. The zero-order valence-electron chi connectivity index (χ0n) is 17.6. The molecule has 1 amide bonds. The van der Waals surface area contributed by atoms with Gasteiger partial charge in [0.25, 0.3) is 0 Å². The van der Waals surface area contributed by atoms with Crippen molar-refractivity contribution < 1.29 is 14.3 Å². The number of hydrogen-bond donors (Lipinski definition) is 0. The number of methoxy groups -OCH3 is 1. The van der Waals surface area contributed by atoms with E-state index in [0.29, 0.717) is 6.54 Å². The quantitative estimate of drug-likeness (QED) is 0.436. The van der Waals surface area contributed by atoms with Crippen LogP contribution in [0.2, 0.25) is 0 Å². The standard InChI is InChI=1S/C23H26BrN3O3S/c1-30-23(29)8-7-22(28)27-10-9-17-15-20(5-6-21(17)27)31-26-13-11-25(12-14-26)19-4-2-3-18(24)16-19/h2-6,15-16H,7-14H2,1H3. The third kappa shape index (κ3) is 5.42. The summed E-state index contributed by atoms with van der Waals surface area (Å²) in [5.41, 5.74) is 3.43. The number of rotatable bonds is 6. The lowest BCUT2D eigenvalue weighted by atomic mass is 10.2. The molecule has 0 aromatic heterocycles. The number of esters is 1. The number of nitrogens with zero attached hydrogens (tertiary/aromatic N) is 3. The van der Waals surface area contributed by atoms with Crippen molar-refractivity contribution in [3.8, 4) is 0 Å². The molecule has 0 atom stereocenters. The van der Waals surface area contributed by atoms with Crippen molar-refractivity contribution in [2.24, 2.45) is 0 Å². The molecule has 0 saturated carbocycles. The summed E-state index contributed by atoms with van der Waals surface area (Å²) in [6.45, 7) is 4.65. The second-order valence-corrected chi connectivity index (χ2v) is 9.74. The van der Waals surface area contributed by atoms with Crippen LogP contribution in [-0.4, -0.2) is 56.0 Å². The van der Waals surface area contributed by atoms with E-state index in [4.69, 9.17) is 0 Å².